The van der Waals surface area contributed by atoms with Gasteiger partial charge >= 0.3 is 0 Å². The minimum absolute atomic E-state index is 0.298. The minimum Gasteiger partial charge on any atom is -0.438 e. The Kier molecular flexibility index (Phi) is 13.1. The number of aryl methyl sites for hydroxylation is 2. The molecule has 2 N–H and O–H groups in total. The first-order valence-corrected chi connectivity index (χ1v) is 17.5. The van der Waals surface area contributed by atoms with Gasteiger partial charge in [0.15, 0.2) is 5.69 Å². The maximum absolute atomic E-state index is 13.0. The van der Waals surface area contributed by atoms with Gasteiger partial charge in [-0.05, 0) is 112 Å². The van der Waals surface area contributed by atoms with Gasteiger partial charge in [0.25, 0.3) is 0 Å². The molecule has 0 aliphatic carbocycles. The molecule has 0 spiro atoms. The highest BCUT2D eigenvalue weighted by Gasteiger charge is 2.17. The van der Waals surface area contributed by atoms with Crippen molar-refractivity contribution in [2.75, 3.05) is 13.2 Å². The molecular formula is C42H44F2N6O3. The fourth-order valence-electron chi connectivity index (χ4n) is 5.40. The number of nitrogens with zero attached hydrogens (tertiary/aromatic N) is 5. The summed E-state index contributed by atoms with van der Waals surface area (Å²) in [6.45, 7) is 18.5. The third-order valence-electron chi connectivity index (χ3n) is 8.19. The van der Waals surface area contributed by atoms with E-state index in [1.54, 1.807) is 30.3 Å². The molecule has 0 saturated carbocycles. The average Bonchev–Trinajstić information content (AvgIpc) is 3.96. The van der Waals surface area contributed by atoms with Gasteiger partial charge < -0.3 is 19.9 Å². The van der Waals surface area contributed by atoms with Crippen LogP contribution in [0.5, 0.6) is 23.3 Å². The molecule has 7 rings (SSSR count). The second-order valence-electron chi connectivity index (χ2n) is 12.8. The van der Waals surface area contributed by atoms with E-state index in [-0.39, 0.29) is 11.6 Å². The number of halogens is 2. The van der Waals surface area contributed by atoms with Crippen molar-refractivity contribution in [2.45, 2.75) is 59.2 Å². The predicted octanol–water partition coefficient (Wildman–Crippen LogP) is 10.5. The molecule has 1 aliphatic heterocycles. The van der Waals surface area contributed by atoms with E-state index in [2.05, 4.69) is 21.1 Å². The van der Waals surface area contributed by atoms with Crippen LogP contribution in [-0.4, -0.2) is 32.8 Å². The van der Waals surface area contributed by atoms with E-state index in [0.717, 1.165) is 41.3 Å². The highest BCUT2D eigenvalue weighted by molar-refractivity contribution is 5.67. The quantitative estimate of drug-likeness (QED) is 0.150. The lowest BCUT2D eigenvalue weighted by molar-refractivity contribution is 0.198. The Morgan fingerprint density at radius 3 is 1.60 bits per heavy atom. The van der Waals surface area contributed by atoms with Crippen LogP contribution in [-0.2, 0) is 23.4 Å². The first-order valence-electron chi connectivity index (χ1n) is 17.5. The van der Waals surface area contributed by atoms with E-state index >= 15 is 0 Å². The molecule has 53 heavy (non-hydrogen) atoms. The van der Waals surface area contributed by atoms with Gasteiger partial charge in [0.2, 0.25) is 11.8 Å². The fraction of sp³-hybridized carbons (Fsp3) is 0.262. The first kappa shape index (κ1) is 38.4. The van der Waals surface area contributed by atoms with Crippen LogP contribution in [0.4, 0.5) is 14.5 Å². The van der Waals surface area contributed by atoms with Gasteiger partial charge in [0.1, 0.15) is 23.1 Å². The van der Waals surface area contributed by atoms with Crippen molar-refractivity contribution in [1.82, 2.24) is 19.6 Å². The summed E-state index contributed by atoms with van der Waals surface area (Å²) in [6, 6.07) is 30.8. The topological polar surface area (TPSA) is 93.7 Å². The monoisotopic (exact) mass is 718 g/mol. The van der Waals surface area contributed by atoms with E-state index in [4.69, 9.17) is 26.5 Å². The molecule has 274 valence electrons. The van der Waals surface area contributed by atoms with Crippen molar-refractivity contribution in [3.63, 3.8) is 0 Å². The fourth-order valence-corrected chi connectivity index (χ4v) is 5.40. The van der Waals surface area contributed by atoms with Gasteiger partial charge in [-0.3, -0.25) is 9.36 Å². The Morgan fingerprint density at radius 1 is 0.717 bits per heavy atom. The molecule has 0 radical (unpaired) electrons. The Hall–Kier alpha value is -5.83. The number of aromatic nitrogens is 4. The van der Waals surface area contributed by atoms with Crippen molar-refractivity contribution in [1.29, 1.82) is 0 Å². The Balaban J connectivity index is 0.000000181. The lowest BCUT2D eigenvalue weighted by Gasteiger charge is -2.20. The Labute approximate surface area is 309 Å². The van der Waals surface area contributed by atoms with Gasteiger partial charge in [-0.15, -0.1) is 10.2 Å². The first-order chi connectivity index (χ1) is 25.6. The summed E-state index contributed by atoms with van der Waals surface area (Å²) in [5.74, 6) is 1.36. The summed E-state index contributed by atoms with van der Waals surface area (Å²) in [4.78, 5) is 3.45. The molecule has 0 unspecified atom stereocenters. The smallest absolute Gasteiger partial charge is 0.238 e. The molecule has 3 heterocycles. The van der Waals surface area contributed by atoms with E-state index in [9.17, 15) is 8.78 Å². The van der Waals surface area contributed by atoms with Crippen LogP contribution < -0.4 is 15.2 Å². The van der Waals surface area contributed by atoms with Crippen molar-refractivity contribution in [2.24, 2.45) is 5.73 Å². The lowest BCUT2D eigenvalue weighted by atomic mass is 9.93. The summed E-state index contributed by atoms with van der Waals surface area (Å²) in [7, 11) is 0. The summed E-state index contributed by atoms with van der Waals surface area (Å²) in [5.41, 5.74) is 11.2. The summed E-state index contributed by atoms with van der Waals surface area (Å²) in [6.07, 6.45) is 2.56. The number of hydrogen-bond donors (Lipinski definition) is 1. The summed E-state index contributed by atoms with van der Waals surface area (Å²) in [5, 5.41) is 8.89. The molecule has 6 aromatic rings. The molecule has 9 nitrogen and oxygen atoms in total. The van der Waals surface area contributed by atoms with Crippen LogP contribution in [0, 0.1) is 18.2 Å². The Morgan fingerprint density at radius 2 is 1.19 bits per heavy atom. The van der Waals surface area contributed by atoms with Gasteiger partial charge in [-0.1, -0.05) is 36.4 Å². The third kappa shape index (κ3) is 10.8. The molecule has 4 aromatic carbocycles. The number of rotatable bonds is 9. The maximum atomic E-state index is 13.0. The molecule has 0 amide bonds. The molecule has 0 atom stereocenters. The highest BCUT2D eigenvalue weighted by atomic mass is 19.1. The number of ether oxygens (including phenoxy) is 3. The zero-order valence-electron chi connectivity index (χ0n) is 30.4. The zero-order valence-corrected chi connectivity index (χ0v) is 30.4. The molecule has 1 saturated heterocycles. The van der Waals surface area contributed by atoms with E-state index in [1.807, 2.05) is 85.6 Å². The maximum Gasteiger partial charge on any atom is 0.238 e. The molecule has 1 aliphatic rings. The third-order valence-corrected chi connectivity index (χ3v) is 8.19. The highest BCUT2D eigenvalue weighted by Crippen LogP contribution is 2.31. The van der Waals surface area contributed by atoms with E-state index in [1.165, 1.54) is 37.1 Å². The Bertz CT molecular complexity index is 2100. The largest absolute Gasteiger partial charge is 0.438 e. The van der Waals surface area contributed by atoms with Gasteiger partial charge in [-0.2, -0.15) is 0 Å². The molecule has 1 fully saturated rings. The van der Waals surface area contributed by atoms with Crippen molar-refractivity contribution in [3.05, 3.63) is 138 Å². The second kappa shape index (κ2) is 18.1. The molecule has 11 heteroatoms. The number of benzene rings is 4. The van der Waals surface area contributed by atoms with Crippen molar-refractivity contribution < 1.29 is 23.0 Å². The van der Waals surface area contributed by atoms with E-state index in [0.29, 0.717) is 42.0 Å². The second-order valence-corrected chi connectivity index (χ2v) is 12.8. The van der Waals surface area contributed by atoms with Crippen molar-refractivity contribution in [3.8, 4) is 45.8 Å². The van der Waals surface area contributed by atoms with E-state index < -0.39 is 5.54 Å². The van der Waals surface area contributed by atoms with Gasteiger partial charge in [-0.25, -0.2) is 13.6 Å². The lowest BCUT2D eigenvalue weighted by Crippen LogP contribution is -2.28. The van der Waals surface area contributed by atoms with Crippen LogP contribution >= 0.6 is 0 Å². The summed E-state index contributed by atoms with van der Waals surface area (Å²) >= 11 is 0. The van der Waals surface area contributed by atoms with Crippen LogP contribution in [0.3, 0.4) is 0 Å². The minimum atomic E-state index is -0.416. The normalized spacial score (nSPS) is 12.2. The standard InChI is InChI=1S/C20H22FN3O.C18H14FN3O.C4H8O/c1-4-24-18(14-6-5-7-15(12-14)20(2,3)22)13-19(23-24)25-17-10-8-16(21)9-11-17;1-3-22-17(13-5-4-6-15(11-13)20-2)12-18(21-22)23-16-9-7-14(19)8-10-16;1-2-4-5-3-1/h5-13H,4,22H2,1-3H3;4-12H,3H2,1H3;1-4H2. The van der Waals surface area contributed by atoms with Gasteiger partial charge in [0.05, 0.1) is 18.0 Å². The zero-order chi connectivity index (χ0) is 37.8. The van der Waals surface area contributed by atoms with Crippen LogP contribution in [0.25, 0.3) is 27.4 Å². The van der Waals surface area contributed by atoms with Gasteiger partial charge in [0, 0.05) is 49.5 Å². The molecular weight excluding hydrogens is 674 g/mol. The number of nitrogens with two attached hydrogens (primary N) is 1. The predicted molar refractivity (Wildman–Crippen MR) is 203 cm³/mol. The molecule has 0 bridgehead atoms. The van der Waals surface area contributed by atoms with Crippen LogP contribution in [0.2, 0.25) is 0 Å². The average molecular weight is 719 g/mol. The van der Waals surface area contributed by atoms with Crippen LogP contribution in [0.1, 0.15) is 46.1 Å². The van der Waals surface area contributed by atoms with Crippen molar-refractivity contribution >= 4 is 5.69 Å². The number of hydrogen-bond acceptors (Lipinski definition) is 6. The summed E-state index contributed by atoms with van der Waals surface area (Å²) < 4.78 is 46.0. The van der Waals surface area contributed by atoms with Crippen LogP contribution in [0.15, 0.2) is 109 Å². The SMILES string of the molecule is C1CCOC1.CCn1nc(Oc2ccc(F)cc2)cc1-c1cccc(C(C)(C)N)c1.[C-]#[N+]c1cccc(-c2cc(Oc3ccc(F)cc3)nn2CC)c1. The molecule has 2 aromatic heterocycles.